The zero-order chi connectivity index (χ0) is 22.4. The minimum absolute atomic E-state index is 0.0323. The summed E-state index contributed by atoms with van der Waals surface area (Å²) in [6.07, 6.45) is 5.28. The first-order valence-electron chi connectivity index (χ1n) is 11.7. The van der Waals surface area contributed by atoms with Crippen molar-refractivity contribution in [1.82, 2.24) is 10.2 Å². The van der Waals surface area contributed by atoms with E-state index in [-0.39, 0.29) is 11.9 Å². The van der Waals surface area contributed by atoms with Gasteiger partial charge in [0, 0.05) is 12.1 Å². The molecule has 1 saturated heterocycles. The third-order valence-corrected chi connectivity index (χ3v) is 6.38. The number of benzene rings is 2. The van der Waals surface area contributed by atoms with Crippen LogP contribution in [-0.4, -0.2) is 31.0 Å². The predicted octanol–water partition coefficient (Wildman–Crippen LogP) is 5.99. The van der Waals surface area contributed by atoms with E-state index in [1.807, 2.05) is 19.1 Å². The van der Waals surface area contributed by atoms with Gasteiger partial charge in [0.05, 0.1) is 13.2 Å². The highest BCUT2D eigenvalue weighted by molar-refractivity contribution is 5.94. The van der Waals surface area contributed by atoms with E-state index in [0.29, 0.717) is 11.5 Å². The average Bonchev–Trinajstić information content (AvgIpc) is 3.02. The van der Waals surface area contributed by atoms with Crippen LogP contribution in [0, 0.1) is 6.92 Å². The van der Waals surface area contributed by atoms with Crippen molar-refractivity contribution < 1.29 is 9.53 Å². The summed E-state index contributed by atoms with van der Waals surface area (Å²) in [6.45, 7) is 11.8. The molecule has 1 amide bonds. The van der Waals surface area contributed by atoms with Crippen molar-refractivity contribution in [2.75, 3.05) is 20.2 Å². The van der Waals surface area contributed by atoms with E-state index in [0.717, 1.165) is 23.4 Å². The highest BCUT2D eigenvalue weighted by Gasteiger charge is 2.18. The normalized spacial score (nSPS) is 16.1. The van der Waals surface area contributed by atoms with E-state index in [1.54, 1.807) is 7.11 Å². The number of nitrogens with one attached hydrogen (secondary N) is 1. The van der Waals surface area contributed by atoms with Gasteiger partial charge < -0.3 is 10.1 Å². The number of ether oxygens (including phenoxy) is 1. The summed E-state index contributed by atoms with van der Waals surface area (Å²) in [5.74, 6) is 1.24. The first-order valence-corrected chi connectivity index (χ1v) is 11.7. The molecule has 0 bridgehead atoms. The number of rotatable bonds is 7. The molecular formula is C27H38N2O2. The van der Waals surface area contributed by atoms with Crippen molar-refractivity contribution in [3.05, 3.63) is 64.2 Å². The molecule has 0 aromatic heterocycles. The van der Waals surface area contributed by atoms with Crippen LogP contribution in [0.15, 0.2) is 36.4 Å². The van der Waals surface area contributed by atoms with Gasteiger partial charge in [-0.25, -0.2) is 0 Å². The summed E-state index contributed by atoms with van der Waals surface area (Å²) >= 11 is 0. The fourth-order valence-electron chi connectivity index (χ4n) is 4.48. The number of likely N-dealkylation sites (tertiary alicyclic amines) is 1. The Morgan fingerprint density at radius 2 is 1.65 bits per heavy atom. The van der Waals surface area contributed by atoms with Crippen molar-refractivity contribution in [3.8, 4) is 5.75 Å². The number of carbonyl (C=O) groups excluding carboxylic acids is 1. The summed E-state index contributed by atoms with van der Waals surface area (Å²) in [6, 6.07) is 12.3. The third kappa shape index (κ3) is 6.10. The molecule has 0 unspecified atom stereocenters. The second-order valence-electron chi connectivity index (χ2n) is 9.19. The van der Waals surface area contributed by atoms with Crippen LogP contribution in [0.3, 0.4) is 0 Å². The van der Waals surface area contributed by atoms with Gasteiger partial charge in [0.1, 0.15) is 5.75 Å². The molecule has 31 heavy (non-hydrogen) atoms. The number of carbonyl (C=O) groups is 1. The van der Waals surface area contributed by atoms with Crippen LogP contribution in [0.4, 0.5) is 0 Å². The Morgan fingerprint density at radius 1 is 1.00 bits per heavy atom. The number of aryl methyl sites for hydroxylation is 1. The second-order valence-corrected chi connectivity index (χ2v) is 9.19. The highest BCUT2D eigenvalue weighted by Crippen LogP contribution is 2.32. The molecule has 0 spiro atoms. The Morgan fingerprint density at radius 3 is 2.23 bits per heavy atom. The van der Waals surface area contributed by atoms with Gasteiger partial charge in [-0.1, -0.05) is 38.8 Å². The second kappa shape index (κ2) is 10.8. The first kappa shape index (κ1) is 23.3. The Labute approximate surface area is 188 Å². The molecule has 2 aromatic carbocycles. The number of hydrogen-bond donors (Lipinski definition) is 1. The third-order valence-electron chi connectivity index (χ3n) is 6.38. The highest BCUT2D eigenvalue weighted by atomic mass is 16.5. The summed E-state index contributed by atoms with van der Waals surface area (Å²) in [7, 11) is 1.71. The fraction of sp³-hybridized carbons (Fsp3) is 0.519. The van der Waals surface area contributed by atoms with Crippen LogP contribution in [0.5, 0.6) is 5.75 Å². The Kier molecular flexibility index (Phi) is 8.14. The molecule has 3 rings (SSSR count). The van der Waals surface area contributed by atoms with E-state index >= 15 is 0 Å². The van der Waals surface area contributed by atoms with E-state index in [4.69, 9.17) is 4.74 Å². The number of methoxy groups -OCH3 is 1. The largest absolute Gasteiger partial charge is 0.496 e. The van der Waals surface area contributed by atoms with Crippen LogP contribution in [0.2, 0.25) is 0 Å². The average molecular weight is 423 g/mol. The molecule has 1 atom stereocenters. The van der Waals surface area contributed by atoms with Gasteiger partial charge in [0.25, 0.3) is 5.91 Å². The Balaban J connectivity index is 1.66. The van der Waals surface area contributed by atoms with Crippen LogP contribution in [-0.2, 0) is 6.54 Å². The van der Waals surface area contributed by atoms with E-state index < -0.39 is 0 Å². The zero-order valence-corrected chi connectivity index (χ0v) is 19.8. The van der Waals surface area contributed by atoms with Crippen LogP contribution in [0.1, 0.15) is 91.0 Å². The van der Waals surface area contributed by atoms with Crippen molar-refractivity contribution >= 4 is 5.91 Å². The lowest BCUT2D eigenvalue weighted by Crippen LogP contribution is -2.27. The van der Waals surface area contributed by atoms with Crippen molar-refractivity contribution in [3.63, 3.8) is 0 Å². The Bertz CT molecular complexity index is 866. The van der Waals surface area contributed by atoms with Gasteiger partial charge in [-0.05, 0) is 92.2 Å². The van der Waals surface area contributed by atoms with Gasteiger partial charge in [0.2, 0.25) is 0 Å². The molecule has 1 N–H and O–H groups in total. The maximum Gasteiger partial charge on any atom is 0.251 e. The predicted molar refractivity (Wildman–Crippen MR) is 128 cm³/mol. The molecule has 4 heteroatoms. The lowest BCUT2D eigenvalue weighted by Gasteiger charge is -2.21. The monoisotopic (exact) mass is 422 g/mol. The quantitative estimate of drug-likeness (QED) is 0.595. The summed E-state index contributed by atoms with van der Waals surface area (Å²) in [5.41, 5.74) is 5.42. The van der Waals surface area contributed by atoms with Crippen LogP contribution >= 0.6 is 0 Å². The maximum atomic E-state index is 12.9. The topological polar surface area (TPSA) is 41.6 Å². The van der Waals surface area contributed by atoms with Crippen molar-refractivity contribution in [1.29, 1.82) is 0 Å². The molecular weight excluding hydrogens is 384 g/mol. The van der Waals surface area contributed by atoms with Crippen molar-refractivity contribution in [2.45, 2.75) is 71.9 Å². The number of hydrogen-bond acceptors (Lipinski definition) is 3. The number of amides is 1. The van der Waals surface area contributed by atoms with Gasteiger partial charge in [-0.15, -0.1) is 0 Å². The van der Waals surface area contributed by atoms with Crippen molar-refractivity contribution in [2.24, 2.45) is 0 Å². The van der Waals surface area contributed by atoms with E-state index in [2.05, 4.69) is 55.3 Å². The lowest BCUT2D eigenvalue weighted by molar-refractivity contribution is 0.0940. The van der Waals surface area contributed by atoms with Crippen LogP contribution in [0.25, 0.3) is 0 Å². The molecule has 0 saturated carbocycles. The SMILES string of the molecule is COc1cc(C)c([C@@H](C)NC(=O)c2ccc(CN3CCCCCC3)cc2)cc1C(C)C. The van der Waals surface area contributed by atoms with E-state index in [1.165, 1.54) is 49.9 Å². The molecule has 4 nitrogen and oxygen atoms in total. The molecule has 0 radical (unpaired) electrons. The first-order chi connectivity index (χ1) is 14.9. The maximum absolute atomic E-state index is 12.9. The zero-order valence-electron chi connectivity index (χ0n) is 19.8. The Hall–Kier alpha value is -2.33. The van der Waals surface area contributed by atoms with E-state index in [9.17, 15) is 4.79 Å². The number of nitrogens with zero attached hydrogens (tertiary/aromatic N) is 1. The van der Waals surface area contributed by atoms with Gasteiger partial charge in [-0.3, -0.25) is 9.69 Å². The smallest absolute Gasteiger partial charge is 0.251 e. The summed E-state index contributed by atoms with van der Waals surface area (Å²) in [4.78, 5) is 15.4. The molecule has 168 valence electrons. The van der Waals surface area contributed by atoms with Gasteiger partial charge in [-0.2, -0.15) is 0 Å². The lowest BCUT2D eigenvalue weighted by atomic mass is 9.93. The molecule has 1 heterocycles. The van der Waals surface area contributed by atoms with Crippen LogP contribution < -0.4 is 10.1 Å². The minimum atomic E-state index is -0.0762. The standard InChI is InChI=1S/C27H38N2O2/c1-19(2)24-17-25(20(3)16-26(24)31-5)21(4)28-27(30)23-12-10-22(11-13-23)18-29-14-8-6-7-9-15-29/h10-13,16-17,19,21H,6-9,14-15,18H2,1-5H3,(H,28,30)/t21-/m1/s1. The molecule has 2 aromatic rings. The van der Waals surface area contributed by atoms with Gasteiger partial charge >= 0.3 is 0 Å². The summed E-state index contributed by atoms with van der Waals surface area (Å²) < 4.78 is 5.55. The molecule has 1 aliphatic rings. The molecule has 0 aliphatic carbocycles. The molecule has 1 fully saturated rings. The van der Waals surface area contributed by atoms with Gasteiger partial charge in [0.15, 0.2) is 0 Å². The molecule has 1 aliphatic heterocycles. The fourth-order valence-corrected chi connectivity index (χ4v) is 4.48. The summed E-state index contributed by atoms with van der Waals surface area (Å²) in [5, 5.41) is 3.18. The minimum Gasteiger partial charge on any atom is -0.496 e.